The molecule has 1 amide bonds. The van der Waals surface area contributed by atoms with E-state index >= 15 is 0 Å². The average Bonchev–Trinajstić information content (AvgIpc) is 3.12. The summed E-state index contributed by atoms with van der Waals surface area (Å²) in [5.74, 6) is -0.00761. The molecule has 0 N–H and O–H groups in total. The predicted molar refractivity (Wildman–Crippen MR) is 129 cm³/mol. The minimum atomic E-state index is -2.75. The van der Waals surface area contributed by atoms with Crippen LogP contribution in [0, 0.1) is 0 Å². The molecule has 0 spiro atoms. The maximum atomic E-state index is 12.8. The molecule has 0 saturated heterocycles. The highest BCUT2D eigenvalue weighted by atomic mass is 28.4. The van der Waals surface area contributed by atoms with Crippen LogP contribution in [0.4, 0.5) is 0 Å². The van der Waals surface area contributed by atoms with Gasteiger partial charge in [0.05, 0.1) is 0 Å². The number of nitrogens with zero attached hydrogens (tertiary/aromatic N) is 1. The summed E-state index contributed by atoms with van der Waals surface area (Å²) in [5.41, 5.74) is 1.09. The topological polar surface area (TPSA) is 29.5 Å². The Morgan fingerprint density at radius 1 is 0.806 bits per heavy atom. The van der Waals surface area contributed by atoms with Crippen LogP contribution in [0.2, 0.25) is 5.04 Å². The molecule has 4 heteroatoms. The van der Waals surface area contributed by atoms with Gasteiger partial charge in [-0.1, -0.05) is 112 Å². The molecular formula is C27H29NO2Si. The molecule has 4 rings (SSSR count). The van der Waals surface area contributed by atoms with E-state index in [9.17, 15) is 4.79 Å². The molecule has 0 bridgehead atoms. The third-order valence-corrected chi connectivity index (χ3v) is 10.9. The Balaban J connectivity index is 1.79. The van der Waals surface area contributed by atoms with E-state index in [1.54, 1.807) is 6.08 Å². The molecule has 158 valence electrons. The smallest absolute Gasteiger partial charge is 0.264 e. The van der Waals surface area contributed by atoms with Gasteiger partial charge in [-0.2, -0.15) is 0 Å². The second-order valence-electron chi connectivity index (χ2n) is 8.98. The third-order valence-electron chi connectivity index (χ3n) is 5.90. The largest absolute Gasteiger partial charge is 0.384 e. The number of hydrogen-bond acceptors (Lipinski definition) is 2. The van der Waals surface area contributed by atoms with Crippen LogP contribution in [-0.2, 0) is 15.8 Å². The summed E-state index contributed by atoms with van der Waals surface area (Å²) >= 11 is 0. The Labute approximate surface area is 186 Å². The van der Waals surface area contributed by atoms with E-state index in [2.05, 4.69) is 69.3 Å². The van der Waals surface area contributed by atoms with E-state index in [1.807, 2.05) is 53.4 Å². The van der Waals surface area contributed by atoms with Crippen molar-refractivity contribution in [3.05, 3.63) is 109 Å². The summed E-state index contributed by atoms with van der Waals surface area (Å²) in [6.45, 7) is 7.28. The van der Waals surface area contributed by atoms with E-state index in [0.717, 1.165) is 5.56 Å². The lowest BCUT2D eigenvalue weighted by molar-refractivity contribution is -0.130. The van der Waals surface area contributed by atoms with E-state index in [-0.39, 0.29) is 10.9 Å². The van der Waals surface area contributed by atoms with Crippen molar-refractivity contribution in [3.63, 3.8) is 0 Å². The fraction of sp³-hybridized carbons (Fsp3) is 0.222. The lowest BCUT2D eigenvalue weighted by Gasteiger charge is -2.45. The van der Waals surface area contributed by atoms with Crippen molar-refractivity contribution < 1.29 is 9.22 Å². The van der Waals surface area contributed by atoms with Gasteiger partial charge in [-0.3, -0.25) is 4.79 Å². The van der Waals surface area contributed by atoms with Crippen molar-refractivity contribution in [2.24, 2.45) is 0 Å². The fourth-order valence-electron chi connectivity index (χ4n) is 4.41. The molecule has 0 fully saturated rings. The van der Waals surface area contributed by atoms with Crippen LogP contribution in [0.3, 0.4) is 0 Å². The van der Waals surface area contributed by atoms with Gasteiger partial charge in [-0.25, -0.2) is 0 Å². The molecule has 0 aromatic heterocycles. The summed E-state index contributed by atoms with van der Waals surface area (Å²) in [6, 6.07) is 31.2. The molecule has 1 atom stereocenters. The second-order valence-corrected chi connectivity index (χ2v) is 13.2. The molecule has 0 unspecified atom stereocenters. The molecule has 0 radical (unpaired) electrons. The van der Waals surface area contributed by atoms with Crippen LogP contribution in [0.5, 0.6) is 0 Å². The molecule has 3 aromatic carbocycles. The minimum Gasteiger partial charge on any atom is -0.384 e. The van der Waals surface area contributed by atoms with Gasteiger partial charge in [0.25, 0.3) is 8.32 Å². The monoisotopic (exact) mass is 427 g/mol. The van der Waals surface area contributed by atoms with Gasteiger partial charge in [-0.15, -0.1) is 0 Å². The quantitative estimate of drug-likeness (QED) is 0.543. The molecule has 31 heavy (non-hydrogen) atoms. The van der Waals surface area contributed by atoms with Gasteiger partial charge in [0, 0.05) is 12.6 Å². The number of benzene rings is 3. The summed E-state index contributed by atoms with van der Waals surface area (Å²) in [6.07, 6.45) is 3.15. The third kappa shape index (κ3) is 4.14. The van der Waals surface area contributed by atoms with Crippen LogP contribution in [0.15, 0.2) is 103 Å². The molecule has 3 nitrogen and oxygen atoms in total. The predicted octanol–water partition coefficient (Wildman–Crippen LogP) is 4.49. The summed E-state index contributed by atoms with van der Waals surface area (Å²) in [4.78, 5) is 14.6. The van der Waals surface area contributed by atoms with E-state index < -0.39 is 14.5 Å². The Bertz CT molecular complexity index is 1000. The second kappa shape index (κ2) is 8.65. The SMILES string of the molecule is CC(C)(C)[Si](O[C@H]1C=CC(=O)N1Cc1ccccc1)(c1ccccc1)c1ccccc1. The van der Waals surface area contributed by atoms with Gasteiger partial charge < -0.3 is 9.33 Å². The van der Waals surface area contributed by atoms with Gasteiger partial charge in [0.2, 0.25) is 5.91 Å². The fourth-order valence-corrected chi connectivity index (χ4v) is 9.00. The van der Waals surface area contributed by atoms with Gasteiger partial charge in [0.15, 0.2) is 0 Å². The first kappa shape index (κ1) is 21.3. The lowest BCUT2D eigenvalue weighted by atomic mass is 10.2. The Hall–Kier alpha value is -2.95. The Morgan fingerprint density at radius 2 is 1.29 bits per heavy atom. The number of carbonyl (C=O) groups excluding carboxylic acids is 1. The van der Waals surface area contributed by atoms with Crippen molar-refractivity contribution in [1.82, 2.24) is 4.90 Å². The van der Waals surface area contributed by atoms with Gasteiger partial charge in [-0.05, 0) is 27.1 Å². The normalized spacial score (nSPS) is 16.7. The van der Waals surface area contributed by atoms with Crippen LogP contribution in [-0.4, -0.2) is 25.4 Å². The lowest BCUT2D eigenvalue weighted by Crippen LogP contribution is -2.68. The summed E-state index contributed by atoms with van der Waals surface area (Å²) in [5, 5.41) is 2.27. The first-order chi connectivity index (χ1) is 14.9. The maximum Gasteiger partial charge on any atom is 0.264 e. The van der Waals surface area contributed by atoms with E-state index in [1.165, 1.54) is 10.4 Å². The van der Waals surface area contributed by atoms with Crippen LogP contribution in [0.25, 0.3) is 0 Å². The van der Waals surface area contributed by atoms with E-state index in [0.29, 0.717) is 6.54 Å². The highest BCUT2D eigenvalue weighted by Crippen LogP contribution is 2.38. The van der Waals surface area contributed by atoms with Crippen molar-refractivity contribution in [2.75, 3.05) is 0 Å². The Kier molecular flexibility index (Phi) is 5.94. The summed E-state index contributed by atoms with van der Waals surface area (Å²) in [7, 11) is -2.75. The molecule has 1 heterocycles. The Morgan fingerprint density at radius 3 is 1.77 bits per heavy atom. The standard InChI is InChI=1S/C27H29NO2Si/c1-27(2,3)31(23-15-9-5-10-16-23,24-17-11-6-12-18-24)30-26-20-19-25(29)28(26)21-22-13-7-4-8-14-22/h4-20,26H,21H2,1-3H3/t26-/m0/s1. The van der Waals surface area contributed by atoms with Crippen LogP contribution < -0.4 is 10.4 Å². The van der Waals surface area contributed by atoms with Crippen LogP contribution >= 0.6 is 0 Å². The maximum absolute atomic E-state index is 12.8. The zero-order valence-electron chi connectivity index (χ0n) is 18.4. The molecule has 3 aromatic rings. The zero-order chi connectivity index (χ0) is 21.9. The highest BCUT2D eigenvalue weighted by molar-refractivity contribution is 6.99. The van der Waals surface area contributed by atoms with Crippen LogP contribution in [0.1, 0.15) is 26.3 Å². The van der Waals surface area contributed by atoms with Gasteiger partial charge >= 0.3 is 0 Å². The van der Waals surface area contributed by atoms with Crippen molar-refractivity contribution in [3.8, 4) is 0 Å². The first-order valence-electron chi connectivity index (χ1n) is 10.7. The van der Waals surface area contributed by atoms with Crippen molar-refractivity contribution >= 4 is 24.6 Å². The van der Waals surface area contributed by atoms with Crippen molar-refractivity contribution in [1.29, 1.82) is 0 Å². The number of amides is 1. The average molecular weight is 428 g/mol. The highest BCUT2D eigenvalue weighted by Gasteiger charge is 2.52. The number of carbonyl (C=O) groups is 1. The molecule has 0 saturated carbocycles. The number of rotatable bonds is 6. The minimum absolute atomic E-state index is 0.00761. The molecule has 1 aliphatic heterocycles. The van der Waals surface area contributed by atoms with E-state index in [4.69, 9.17) is 4.43 Å². The summed E-state index contributed by atoms with van der Waals surface area (Å²) < 4.78 is 7.15. The van der Waals surface area contributed by atoms with Crippen molar-refractivity contribution in [2.45, 2.75) is 38.6 Å². The van der Waals surface area contributed by atoms with Gasteiger partial charge in [0.1, 0.15) is 6.23 Å². The number of hydrogen-bond donors (Lipinski definition) is 0. The molecular weight excluding hydrogens is 398 g/mol. The first-order valence-corrected chi connectivity index (χ1v) is 12.6. The molecule has 0 aliphatic carbocycles. The molecule has 1 aliphatic rings. The zero-order valence-corrected chi connectivity index (χ0v) is 19.4.